The summed E-state index contributed by atoms with van der Waals surface area (Å²) in [5, 5.41) is 0. The Kier molecular flexibility index (Phi) is 8.20. The predicted molar refractivity (Wildman–Crippen MR) is 179 cm³/mol. The summed E-state index contributed by atoms with van der Waals surface area (Å²) >= 11 is 0. The van der Waals surface area contributed by atoms with Gasteiger partial charge < -0.3 is 4.90 Å². The molecule has 0 radical (unpaired) electrons. The second kappa shape index (κ2) is 11.5. The van der Waals surface area contributed by atoms with Crippen LogP contribution in [0.5, 0.6) is 0 Å². The van der Waals surface area contributed by atoms with Crippen LogP contribution >= 0.6 is 0 Å². The summed E-state index contributed by atoms with van der Waals surface area (Å²) in [7, 11) is 0. The smallest absolute Gasteiger partial charge is 0.0546 e. The van der Waals surface area contributed by atoms with E-state index in [4.69, 9.17) is 0 Å². The first-order chi connectivity index (χ1) is 19.5. The lowest BCUT2D eigenvalue weighted by molar-refractivity contribution is 0.579. The van der Waals surface area contributed by atoms with Gasteiger partial charge in [-0.3, -0.25) is 0 Å². The predicted octanol–water partition coefficient (Wildman–Crippen LogP) is 12.1. The average Bonchev–Trinajstić information content (AvgIpc) is 3.25. The fourth-order valence-corrected chi connectivity index (χ4v) is 6.32. The summed E-state index contributed by atoms with van der Waals surface area (Å²) in [5.41, 5.74) is 13.8. The Balaban J connectivity index is 1.80. The number of hydrogen-bond donors (Lipinski definition) is 0. The summed E-state index contributed by atoms with van der Waals surface area (Å²) in [6.45, 7) is 18.6. The van der Waals surface area contributed by atoms with Gasteiger partial charge in [0.2, 0.25) is 0 Å². The molecule has 1 heteroatoms. The second-order valence-corrected chi connectivity index (χ2v) is 14.2. The third-order valence-electron chi connectivity index (χ3n) is 8.85. The summed E-state index contributed by atoms with van der Waals surface area (Å²) in [4.78, 5) is 2.49. The highest BCUT2D eigenvalue weighted by Gasteiger charge is 2.35. The molecule has 4 aromatic rings. The number of anilines is 3. The van der Waals surface area contributed by atoms with Gasteiger partial charge in [0, 0.05) is 22.9 Å². The maximum absolute atomic E-state index is 2.55. The van der Waals surface area contributed by atoms with Gasteiger partial charge in [-0.05, 0) is 82.3 Å². The molecule has 0 heterocycles. The van der Waals surface area contributed by atoms with Crippen molar-refractivity contribution in [2.24, 2.45) is 0 Å². The van der Waals surface area contributed by atoms with Crippen LogP contribution in [0.4, 0.5) is 17.1 Å². The number of nitrogens with zero attached hydrogens (tertiary/aromatic N) is 1. The van der Waals surface area contributed by atoms with Gasteiger partial charge in [0.05, 0.1) is 5.69 Å². The minimum absolute atomic E-state index is 0.0392. The molecule has 0 bridgehead atoms. The maximum Gasteiger partial charge on any atom is 0.0546 e. The largest absolute Gasteiger partial charge is 0.310 e. The molecule has 4 aromatic carbocycles. The van der Waals surface area contributed by atoms with E-state index >= 15 is 0 Å². The standard InChI is InChI=1S/C40H49N/c1-9-10-11-15-18-33-35-25-29(39(3,4)5)21-24-34(35)38-36(33)26-30(40(6,7)8)27-37(38)41(31-16-13-12-14-17-31)32-22-19-28(2)20-23-32/h12-14,16-17,19-27,33H,9-11,15,18H2,1-8H3. The molecule has 0 aromatic heterocycles. The summed E-state index contributed by atoms with van der Waals surface area (Å²) < 4.78 is 0. The molecule has 5 rings (SSSR count). The van der Waals surface area contributed by atoms with Crippen molar-refractivity contribution in [1.82, 2.24) is 0 Å². The van der Waals surface area contributed by atoms with E-state index in [0.717, 1.165) is 0 Å². The zero-order valence-electron chi connectivity index (χ0n) is 26.6. The van der Waals surface area contributed by atoms with E-state index in [1.54, 1.807) is 0 Å². The Bertz CT molecular complexity index is 1480. The number of para-hydroxylation sites is 1. The minimum atomic E-state index is 0.0392. The first kappa shape index (κ1) is 29.2. The highest BCUT2D eigenvalue weighted by Crippen LogP contribution is 2.55. The van der Waals surface area contributed by atoms with Crippen LogP contribution < -0.4 is 4.90 Å². The van der Waals surface area contributed by atoms with E-state index < -0.39 is 0 Å². The molecule has 41 heavy (non-hydrogen) atoms. The molecule has 0 saturated carbocycles. The molecular formula is C40H49N. The molecule has 0 amide bonds. The summed E-state index contributed by atoms with van der Waals surface area (Å²) in [6.07, 6.45) is 6.37. The quantitative estimate of drug-likeness (QED) is 0.200. The first-order valence-corrected chi connectivity index (χ1v) is 15.7. The van der Waals surface area contributed by atoms with Gasteiger partial charge in [-0.1, -0.05) is 134 Å². The van der Waals surface area contributed by atoms with Gasteiger partial charge in [0.25, 0.3) is 0 Å². The summed E-state index contributed by atoms with van der Waals surface area (Å²) in [5.74, 6) is 0.427. The van der Waals surface area contributed by atoms with E-state index in [2.05, 4.69) is 145 Å². The van der Waals surface area contributed by atoms with Crippen LogP contribution in [0.15, 0.2) is 84.9 Å². The van der Waals surface area contributed by atoms with Gasteiger partial charge in [-0.25, -0.2) is 0 Å². The van der Waals surface area contributed by atoms with Crippen LogP contribution in [0.3, 0.4) is 0 Å². The normalized spacial score (nSPS) is 14.6. The number of unbranched alkanes of at least 4 members (excludes halogenated alkanes) is 3. The molecule has 0 aliphatic heterocycles. The first-order valence-electron chi connectivity index (χ1n) is 15.7. The van der Waals surface area contributed by atoms with E-state index in [1.165, 1.54) is 88.1 Å². The third-order valence-corrected chi connectivity index (χ3v) is 8.85. The average molecular weight is 544 g/mol. The van der Waals surface area contributed by atoms with Gasteiger partial charge in [-0.15, -0.1) is 0 Å². The van der Waals surface area contributed by atoms with E-state index in [9.17, 15) is 0 Å². The summed E-state index contributed by atoms with van der Waals surface area (Å²) in [6, 6.07) is 32.3. The fraction of sp³-hybridized carbons (Fsp3) is 0.400. The SMILES string of the molecule is CCCCCCC1c2cc(C(C)(C)C)ccc2-c2c1cc(C(C)(C)C)cc2N(c1ccccc1)c1ccc(C)cc1. The van der Waals surface area contributed by atoms with Crippen molar-refractivity contribution in [3.8, 4) is 11.1 Å². The number of hydrogen-bond acceptors (Lipinski definition) is 1. The van der Waals surface area contributed by atoms with Crippen molar-refractivity contribution in [3.63, 3.8) is 0 Å². The lowest BCUT2D eigenvalue weighted by Gasteiger charge is -2.31. The zero-order chi connectivity index (χ0) is 29.4. The van der Waals surface area contributed by atoms with Crippen molar-refractivity contribution >= 4 is 17.1 Å². The molecule has 214 valence electrons. The number of rotatable bonds is 8. The zero-order valence-corrected chi connectivity index (χ0v) is 26.6. The monoisotopic (exact) mass is 543 g/mol. The van der Waals surface area contributed by atoms with Crippen molar-refractivity contribution in [1.29, 1.82) is 0 Å². The lowest BCUT2D eigenvalue weighted by atomic mass is 9.81. The highest BCUT2D eigenvalue weighted by molar-refractivity contribution is 5.94. The van der Waals surface area contributed by atoms with E-state index in [1.807, 2.05) is 0 Å². The molecule has 0 N–H and O–H groups in total. The number of fused-ring (bicyclic) bond motifs is 3. The van der Waals surface area contributed by atoms with Crippen LogP contribution in [0.2, 0.25) is 0 Å². The van der Waals surface area contributed by atoms with Crippen LogP contribution in [0.25, 0.3) is 11.1 Å². The van der Waals surface area contributed by atoms with Crippen molar-refractivity contribution < 1.29 is 0 Å². The van der Waals surface area contributed by atoms with Gasteiger partial charge in [0.1, 0.15) is 0 Å². The van der Waals surface area contributed by atoms with Gasteiger partial charge in [0.15, 0.2) is 0 Å². The number of benzene rings is 4. The molecule has 0 spiro atoms. The van der Waals surface area contributed by atoms with Crippen LogP contribution in [-0.4, -0.2) is 0 Å². The van der Waals surface area contributed by atoms with Gasteiger partial charge >= 0.3 is 0 Å². The molecule has 1 atom stereocenters. The molecule has 1 unspecified atom stereocenters. The van der Waals surface area contributed by atoms with Crippen molar-refractivity contribution in [2.75, 3.05) is 4.90 Å². The second-order valence-electron chi connectivity index (χ2n) is 14.2. The maximum atomic E-state index is 2.55. The van der Waals surface area contributed by atoms with E-state index in [0.29, 0.717) is 5.92 Å². The Morgan fingerprint density at radius 1 is 0.634 bits per heavy atom. The Labute approximate surface area is 249 Å². The topological polar surface area (TPSA) is 3.24 Å². The molecular weight excluding hydrogens is 494 g/mol. The highest BCUT2D eigenvalue weighted by atomic mass is 15.1. The van der Waals surface area contributed by atoms with Crippen LogP contribution in [0.1, 0.15) is 114 Å². The Morgan fingerprint density at radius 3 is 1.90 bits per heavy atom. The minimum Gasteiger partial charge on any atom is -0.310 e. The lowest BCUT2D eigenvalue weighted by Crippen LogP contribution is -2.16. The van der Waals surface area contributed by atoms with Crippen LogP contribution in [-0.2, 0) is 10.8 Å². The molecule has 0 saturated heterocycles. The molecule has 1 nitrogen and oxygen atoms in total. The Morgan fingerprint density at radius 2 is 1.27 bits per heavy atom. The van der Waals surface area contributed by atoms with Crippen LogP contribution in [0, 0.1) is 6.92 Å². The number of aryl methyl sites for hydroxylation is 1. The molecule has 1 aliphatic carbocycles. The molecule has 1 aliphatic rings. The Hall–Kier alpha value is -3.32. The van der Waals surface area contributed by atoms with E-state index in [-0.39, 0.29) is 10.8 Å². The van der Waals surface area contributed by atoms with Gasteiger partial charge in [-0.2, -0.15) is 0 Å². The van der Waals surface area contributed by atoms with Crippen molar-refractivity contribution in [2.45, 2.75) is 104 Å². The third kappa shape index (κ3) is 6.01. The molecule has 0 fully saturated rings. The van der Waals surface area contributed by atoms with Crippen molar-refractivity contribution in [3.05, 3.63) is 113 Å². The fourth-order valence-electron chi connectivity index (χ4n) is 6.32.